The van der Waals surface area contributed by atoms with Crippen LogP contribution in [0, 0.1) is 17.5 Å². The number of pyridine rings is 2. The van der Waals surface area contributed by atoms with Gasteiger partial charge in [-0.2, -0.15) is 0 Å². The number of hydrogen-bond acceptors (Lipinski definition) is 2. The van der Waals surface area contributed by atoms with Crippen LogP contribution in [0.3, 0.4) is 0 Å². The molecule has 0 saturated heterocycles. The van der Waals surface area contributed by atoms with Crippen LogP contribution in [0.15, 0.2) is 71.5 Å². The van der Waals surface area contributed by atoms with E-state index in [0.29, 0.717) is 0 Å². The topological polar surface area (TPSA) is 25.8 Å². The minimum Gasteiger partial charge on any atom is -0.305 e. The fourth-order valence-corrected chi connectivity index (χ4v) is 7.60. The second-order valence-corrected chi connectivity index (χ2v) is 15.7. The Balaban J connectivity index is 0.000000243. The van der Waals surface area contributed by atoms with E-state index in [9.17, 15) is 0 Å². The Morgan fingerprint density at radius 2 is 1.31 bits per heavy atom. The molecule has 2 nitrogen and oxygen atoms in total. The standard InChI is InChI=1S/C27H36N.C11H7BrN.Ir/c1-23(2)16-24(3,4)21-15-28-22(14-19(21)23)17-11-12-18-20(13-17)26(7,8)27(9,10)25(18,5)6;12-10-5-3-4-9(8-10)11-6-1-2-7-13-11;/h12-15H,16H2,1-10H3;1-3,5-8H;/q2*-1;. The van der Waals surface area contributed by atoms with Crippen molar-refractivity contribution in [1.29, 1.82) is 0 Å². The normalized spacial score (nSPS) is 19.5. The first-order valence-corrected chi connectivity index (χ1v) is 15.5. The van der Waals surface area contributed by atoms with E-state index < -0.39 is 0 Å². The summed E-state index contributed by atoms with van der Waals surface area (Å²) in [4.78, 5) is 9.13. The summed E-state index contributed by atoms with van der Waals surface area (Å²) in [6.45, 7) is 23.8. The molecule has 223 valence electrons. The predicted octanol–water partition coefficient (Wildman–Crippen LogP) is 10.4. The molecule has 42 heavy (non-hydrogen) atoms. The van der Waals surface area contributed by atoms with Crippen LogP contribution in [0.4, 0.5) is 0 Å². The van der Waals surface area contributed by atoms with Gasteiger partial charge in [0.25, 0.3) is 0 Å². The van der Waals surface area contributed by atoms with E-state index in [1.165, 1.54) is 28.7 Å². The van der Waals surface area contributed by atoms with Gasteiger partial charge in [0.15, 0.2) is 0 Å². The van der Waals surface area contributed by atoms with Gasteiger partial charge in [-0.05, 0) is 62.1 Å². The van der Waals surface area contributed by atoms with Crippen LogP contribution in [0.2, 0.25) is 0 Å². The Kier molecular flexibility index (Phi) is 8.66. The van der Waals surface area contributed by atoms with E-state index >= 15 is 0 Å². The maximum absolute atomic E-state index is 4.90. The van der Waals surface area contributed by atoms with Crippen molar-refractivity contribution in [2.75, 3.05) is 0 Å². The van der Waals surface area contributed by atoms with E-state index in [2.05, 4.69) is 127 Å². The first-order valence-electron chi connectivity index (χ1n) is 14.7. The Morgan fingerprint density at radius 3 is 1.95 bits per heavy atom. The molecule has 6 rings (SSSR count). The number of rotatable bonds is 2. The van der Waals surface area contributed by atoms with Crippen molar-refractivity contribution in [3.63, 3.8) is 0 Å². The van der Waals surface area contributed by atoms with Crippen LogP contribution in [-0.4, -0.2) is 9.97 Å². The molecule has 0 N–H and O–H groups in total. The van der Waals surface area contributed by atoms with Gasteiger partial charge in [0, 0.05) is 32.5 Å². The van der Waals surface area contributed by atoms with Gasteiger partial charge in [-0.1, -0.05) is 108 Å². The van der Waals surface area contributed by atoms with E-state index in [4.69, 9.17) is 4.98 Å². The Hall–Kier alpha value is -2.13. The third-order valence-corrected chi connectivity index (χ3v) is 11.1. The number of hydrogen-bond donors (Lipinski definition) is 0. The van der Waals surface area contributed by atoms with E-state index in [0.717, 1.165) is 27.0 Å². The molecule has 0 atom stereocenters. The second kappa shape index (κ2) is 11.1. The van der Waals surface area contributed by atoms with Crippen LogP contribution in [-0.2, 0) is 41.8 Å². The molecule has 0 aliphatic heterocycles. The smallest absolute Gasteiger partial charge is 0.0201 e. The average molecular weight is 800 g/mol. The minimum absolute atomic E-state index is 0. The van der Waals surface area contributed by atoms with Crippen molar-refractivity contribution >= 4 is 15.9 Å². The molecular formula is C38H43BrIrN2-2. The second-order valence-electron chi connectivity index (χ2n) is 14.7. The summed E-state index contributed by atoms with van der Waals surface area (Å²) in [5.41, 5.74) is 10.7. The maximum Gasteiger partial charge on any atom is 0.0201 e. The molecule has 0 bridgehead atoms. The fraction of sp³-hybridized carbons (Fsp3) is 0.421. The van der Waals surface area contributed by atoms with Gasteiger partial charge in [0.05, 0.1) is 0 Å². The molecule has 0 spiro atoms. The first-order chi connectivity index (χ1) is 19.0. The van der Waals surface area contributed by atoms with Crippen LogP contribution in [0.5, 0.6) is 0 Å². The zero-order chi connectivity index (χ0) is 30.0. The van der Waals surface area contributed by atoms with Crippen LogP contribution >= 0.6 is 15.9 Å². The van der Waals surface area contributed by atoms with Crippen molar-refractivity contribution in [3.8, 4) is 22.5 Å². The zero-order valence-electron chi connectivity index (χ0n) is 26.7. The van der Waals surface area contributed by atoms with Gasteiger partial charge in [0.2, 0.25) is 0 Å². The van der Waals surface area contributed by atoms with E-state index in [-0.39, 0.29) is 47.2 Å². The number of benzene rings is 2. The number of nitrogens with zero attached hydrogens (tertiary/aromatic N) is 2. The molecule has 2 aromatic carbocycles. The van der Waals surface area contributed by atoms with E-state index in [1.54, 1.807) is 6.20 Å². The van der Waals surface area contributed by atoms with Crippen LogP contribution in [0.1, 0.15) is 97.9 Å². The summed E-state index contributed by atoms with van der Waals surface area (Å²) in [6.07, 6.45) is 5.08. The van der Waals surface area contributed by atoms with Crippen molar-refractivity contribution < 1.29 is 20.1 Å². The fourth-order valence-electron chi connectivity index (χ4n) is 7.23. The monoisotopic (exact) mass is 799 g/mol. The molecular weight excluding hydrogens is 757 g/mol. The van der Waals surface area contributed by atoms with Gasteiger partial charge in [-0.25, -0.2) is 0 Å². The van der Waals surface area contributed by atoms with Crippen molar-refractivity contribution in [1.82, 2.24) is 9.97 Å². The minimum atomic E-state index is 0. The molecule has 0 unspecified atom stereocenters. The summed E-state index contributed by atoms with van der Waals surface area (Å²) in [7, 11) is 0. The summed E-state index contributed by atoms with van der Waals surface area (Å²) in [5.74, 6) is 0. The van der Waals surface area contributed by atoms with E-state index in [1.807, 2.05) is 36.4 Å². The van der Waals surface area contributed by atoms with Gasteiger partial charge >= 0.3 is 0 Å². The van der Waals surface area contributed by atoms with Crippen LogP contribution in [0.25, 0.3) is 22.5 Å². The summed E-state index contributed by atoms with van der Waals surface area (Å²) in [6, 6.07) is 25.4. The number of fused-ring (bicyclic) bond motifs is 2. The molecule has 4 aromatic rings. The number of aromatic nitrogens is 2. The van der Waals surface area contributed by atoms with Crippen molar-refractivity contribution in [2.24, 2.45) is 5.41 Å². The molecule has 2 aliphatic rings. The third kappa shape index (κ3) is 5.37. The van der Waals surface area contributed by atoms with Gasteiger partial charge in [-0.15, -0.1) is 64.7 Å². The SMILES string of the molecule is Brc1cc[c-]c(-c2ccccn2)c1.CC1(C)CC(C)(C)c2cc(-c3[c-]cc4c(c3)C(C)(C)C(C)(C)C4(C)C)ncc21.[Ir]. The average Bonchev–Trinajstić information content (AvgIpc) is 3.17. The van der Waals surface area contributed by atoms with Gasteiger partial charge in [-0.3, -0.25) is 0 Å². The largest absolute Gasteiger partial charge is 0.305 e. The number of halogens is 1. The third-order valence-electron chi connectivity index (χ3n) is 10.6. The van der Waals surface area contributed by atoms with Gasteiger partial charge in [0.1, 0.15) is 0 Å². The molecule has 2 heterocycles. The summed E-state index contributed by atoms with van der Waals surface area (Å²) in [5, 5.41) is 0. The molecule has 1 radical (unpaired) electrons. The Bertz CT molecular complexity index is 1600. The molecule has 0 saturated carbocycles. The quantitative estimate of drug-likeness (QED) is 0.189. The molecule has 2 aromatic heterocycles. The summed E-state index contributed by atoms with van der Waals surface area (Å²) < 4.78 is 1.05. The van der Waals surface area contributed by atoms with Crippen molar-refractivity contribution in [2.45, 2.75) is 97.3 Å². The molecule has 4 heteroatoms. The molecule has 0 amide bonds. The first kappa shape index (κ1) is 32.8. The molecule has 0 fully saturated rings. The Labute approximate surface area is 275 Å². The zero-order valence-corrected chi connectivity index (χ0v) is 30.6. The predicted molar refractivity (Wildman–Crippen MR) is 175 cm³/mol. The maximum atomic E-state index is 4.90. The molecule has 2 aliphatic carbocycles. The van der Waals surface area contributed by atoms with Crippen LogP contribution < -0.4 is 0 Å². The Morgan fingerprint density at radius 1 is 0.667 bits per heavy atom. The summed E-state index contributed by atoms with van der Waals surface area (Å²) >= 11 is 3.41. The van der Waals surface area contributed by atoms with Gasteiger partial charge < -0.3 is 9.97 Å². The van der Waals surface area contributed by atoms with Crippen molar-refractivity contribution in [3.05, 3.63) is 106 Å².